The number of hydrogen-bond acceptors (Lipinski definition) is 6. The molecule has 0 fully saturated rings. The van der Waals surface area contributed by atoms with Gasteiger partial charge in [0.05, 0.1) is 21.1 Å². The van der Waals surface area contributed by atoms with Gasteiger partial charge >= 0.3 is 11.6 Å². The molecule has 0 radical (unpaired) electrons. The van der Waals surface area contributed by atoms with Crippen molar-refractivity contribution < 1.29 is 14.3 Å². The van der Waals surface area contributed by atoms with Crippen LogP contribution in [0.1, 0.15) is 18.3 Å². The Labute approximate surface area is 144 Å². The van der Waals surface area contributed by atoms with Crippen LogP contribution in [0.25, 0.3) is 0 Å². The van der Waals surface area contributed by atoms with Gasteiger partial charge in [-0.15, -0.1) is 0 Å². The largest absolute Gasteiger partial charge is 0.390 e. The Hall–Kier alpha value is -2.82. The van der Waals surface area contributed by atoms with Crippen LogP contribution >= 0.6 is 0 Å². The maximum atomic E-state index is 11.2. The molecule has 0 bridgehead atoms. The summed E-state index contributed by atoms with van der Waals surface area (Å²) in [5.74, 6) is -0.300. The first-order valence-corrected chi connectivity index (χ1v) is 7.81. The molecule has 11 heteroatoms. The van der Waals surface area contributed by atoms with E-state index in [0.717, 1.165) is 0 Å². The highest BCUT2D eigenvalue weighted by Gasteiger charge is 2.27. The predicted molar refractivity (Wildman–Crippen MR) is 88.9 cm³/mol. The van der Waals surface area contributed by atoms with E-state index < -0.39 is 9.85 Å². The van der Waals surface area contributed by atoms with E-state index >= 15 is 0 Å². The molecule has 11 nitrogen and oxygen atoms in total. The van der Waals surface area contributed by atoms with E-state index in [2.05, 4.69) is 9.97 Å². The summed E-state index contributed by atoms with van der Waals surface area (Å²) >= 11 is 0. The van der Waals surface area contributed by atoms with Crippen molar-refractivity contribution in [2.75, 3.05) is 21.1 Å². The minimum absolute atomic E-state index is 0.148. The molecule has 0 saturated carbocycles. The van der Waals surface area contributed by atoms with Crippen molar-refractivity contribution >= 4 is 11.6 Å². The predicted octanol–water partition coefficient (Wildman–Crippen LogP) is 1.36. The summed E-state index contributed by atoms with van der Waals surface area (Å²) in [5.41, 5.74) is 1.07. The average Bonchev–Trinajstić information content (AvgIpc) is 3.06. The summed E-state index contributed by atoms with van der Waals surface area (Å²) in [4.78, 5) is 29.0. The summed E-state index contributed by atoms with van der Waals surface area (Å²) in [6.07, 6.45) is 3.36. The van der Waals surface area contributed by atoms with Crippen LogP contribution in [0, 0.1) is 20.2 Å². The fourth-order valence-corrected chi connectivity index (χ4v) is 2.67. The highest BCUT2D eigenvalue weighted by molar-refractivity contribution is 5.28. The van der Waals surface area contributed by atoms with Crippen LogP contribution in [0.3, 0.4) is 0 Å². The van der Waals surface area contributed by atoms with Gasteiger partial charge in [-0.25, -0.2) is 0 Å². The van der Waals surface area contributed by atoms with Crippen molar-refractivity contribution in [2.24, 2.45) is 0 Å². The maximum Gasteiger partial charge on any atom is 0.390 e. The summed E-state index contributed by atoms with van der Waals surface area (Å²) < 4.78 is 3.95. The summed E-state index contributed by atoms with van der Waals surface area (Å²) in [6.45, 7) is 3.10. The molecule has 0 aliphatic heterocycles. The van der Waals surface area contributed by atoms with Gasteiger partial charge in [0.2, 0.25) is 12.7 Å². The van der Waals surface area contributed by atoms with Crippen LogP contribution in [0.4, 0.5) is 11.6 Å². The zero-order chi connectivity index (χ0) is 18.8. The lowest BCUT2D eigenvalue weighted by atomic mass is 10.3. The molecular formula is C14H22N7O4+. The molecular weight excluding hydrogens is 330 g/mol. The number of hydrogen-bond donors (Lipinski definition) is 0. The Morgan fingerprint density at radius 3 is 1.80 bits per heavy atom. The van der Waals surface area contributed by atoms with Crippen molar-refractivity contribution in [3.8, 4) is 0 Å². The van der Waals surface area contributed by atoms with E-state index in [4.69, 9.17) is 0 Å². The number of rotatable bonds is 8. The fourth-order valence-electron chi connectivity index (χ4n) is 2.67. The van der Waals surface area contributed by atoms with E-state index in [9.17, 15) is 20.2 Å². The number of aryl methyl sites for hydroxylation is 2. The molecule has 0 aromatic carbocycles. The lowest BCUT2D eigenvalue weighted by molar-refractivity contribution is -0.884. The lowest BCUT2D eigenvalue weighted by Gasteiger charge is -2.23. The Morgan fingerprint density at radius 2 is 1.40 bits per heavy atom. The topological polar surface area (TPSA) is 122 Å². The number of quaternary nitrogens is 1. The Morgan fingerprint density at radius 1 is 0.960 bits per heavy atom. The second-order valence-corrected chi connectivity index (χ2v) is 6.73. The van der Waals surface area contributed by atoms with Crippen LogP contribution < -0.4 is 0 Å². The standard InChI is InChI=1S/C14H22N7O4/c1-5-11-13(19(22)23)15-9-17(11)6-7-18-10-16-14(20(24)25)12(18)8-21(2,3)4/h9-10H,5-8H2,1-4H3/q+1. The van der Waals surface area contributed by atoms with E-state index in [1.54, 1.807) is 9.13 Å². The highest BCUT2D eigenvalue weighted by atomic mass is 16.6. The first kappa shape index (κ1) is 18.5. The van der Waals surface area contributed by atoms with E-state index in [-0.39, 0.29) is 11.6 Å². The molecule has 0 aliphatic rings. The first-order chi connectivity index (χ1) is 11.6. The van der Waals surface area contributed by atoms with Crippen LogP contribution in [-0.2, 0) is 26.1 Å². The van der Waals surface area contributed by atoms with Crippen LogP contribution in [-0.4, -0.2) is 54.6 Å². The van der Waals surface area contributed by atoms with Gasteiger partial charge in [-0.05, 0) is 26.2 Å². The molecule has 0 spiro atoms. The Balaban J connectivity index is 2.27. The van der Waals surface area contributed by atoms with Crippen molar-refractivity contribution in [3.63, 3.8) is 0 Å². The molecule has 0 aliphatic carbocycles. The van der Waals surface area contributed by atoms with E-state index in [1.807, 2.05) is 28.1 Å². The molecule has 0 N–H and O–H groups in total. The third-order valence-electron chi connectivity index (χ3n) is 3.74. The molecule has 0 atom stereocenters. The first-order valence-electron chi connectivity index (χ1n) is 7.81. The minimum atomic E-state index is -0.500. The van der Waals surface area contributed by atoms with Crippen molar-refractivity contribution in [1.82, 2.24) is 19.1 Å². The summed E-state index contributed by atoms with van der Waals surface area (Å²) in [7, 11) is 5.82. The Kier molecular flexibility index (Phi) is 5.16. The van der Waals surface area contributed by atoms with Crippen molar-refractivity contribution in [1.29, 1.82) is 0 Å². The third-order valence-corrected chi connectivity index (χ3v) is 3.74. The summed E-state index contributed by atoms with van der Waals surface area (Å²) in [5, 5.41) is 22.2. The van der Waals surface area contributed by atoms with E-state index in [0.29, 0.717) is 41.9 Å². The molecule has 2 rings (SSSR count). The molecule has 2 heterocycles. The van der Waals surface area contributed by atoms with Gasteiger partial charge in [0.1, 0.15) is 12.2 Å². The SMILES string of the molecule is CCc1c([N+](=O)[O-])ncn1CCn1cnc([N+](=O)[O-])c1C[N+](C)(C)C. The number of nitrogens with zero attached hydrogens (tertiary/aromatic N) is 7. The second-order valence-electron chi connectivity index (χ2n) is 6.73. The Bertz CT molecular complexity index is 788. The average molecular weight is 352 g/mol. The molecule has 2 aromatic heterocycles. The van der Waals surface area contributed by atoms with Gasteiger partial charge in [-0.3, -0.25) is 0 Å². The molecule has 136 valence electrons. The molecule has 0 amide bonds. The van der Waals surface area contributed by atoms with Crippen molar-refractivity contribution in [2.45, 2.75) is 33.0 Å². The van der Waals surface area contributed by atoms with Crippen LogP contribution in [0.2, 0.25) is 0 Å². The zero-order valence-electron chi connectivity index (χ0n) is 14.7. The fraction of sp³-hybridized carbons (Fsp3) is 0.571. The summed E-state index contributed by atoms with van der Waals surface area (Å²) in [6, 6.07) is 0. The van der Waals surface area contributed by atoms with Gasteiger partial charge in [0.15, 0.2) is 5.69 Å². The van der Waals surface area contributed by atoms with E-state index in [1.165, 1.54) is 12.7 Å². The van der Waals surface area contributed by atoms with Gasteiger partial charge in [-0.1, -0.05) is 6.92 Å². The maximum absolute atomic E-state index is 11.2. The quantitative estimate of drug-likeness (QED) is 0.402. The van der Waals surface area contributed by atoms with Crippen LogP contribution in [0.5, 0.6) is 0 Å². The monoisotopic (exact) mass is 352 g/mol. The number of imidazole rings is 2. The molecule has 25 heavy (non-hydrogen) atoms. The molecule has 2 aromatic rings. The zero-order valence-corrected chi connectivity index (χ0v) is 14.7. The van der Waals surface area contributed by atoms with Gasteiger partial charge < -0.3 is 33.8 Å². The lowest BCUT2D eigenvalue weighted by Crippen LogP contribution is -2.34. The second kappa shape index (κ2) is 6.97. The van der Waals surface area contributed by atoms with Gasteiger partial charge in [0.25, 0.3) is 0 Å². The van der Waals surface area contributed by atoms with Gasteiger partial charge in [0, 0.05) is 13.1 Å². The normalized spacial score (nSPS) is 11.7. The third kappa shape index (κ3) is 4.18. The number of nitro groups is 2. The number of aromatic nitrogens is 4. The highest BCUT2D eigenvalue weighted by Crippen LogP contribution is 2.21. The smallest absolute Gasteiger partial charge is 0.358 e. The molecule has 0 unspecified atom stereocenters. The minimum Gasteiger partial charge on any atom is -0.358 e. The van der Waals surface area contributed by atoms with Gasteiger partial charge in [-0.2, -0.15) is 0 Å². The van der Waals surface area contributed by atoms with Crippen LogP contribution in [0.15, 0.2) is 12.7 Å². The van der Waals surface area contributed by atoms with Crippen molar-refractivity contribution in [3.05, 3.63) is 44.3 Å². The molecule has 0 saturated heterocycles.